The lowest BCUT2D eigenvalue weighted by Crippen LogP contribution is -2.36. The zero-order valence-electron chi connectivity index (χ0n) is 14.6. The second-order valence-corrected chi connectivity index (χ2v) is 6.51. The van der Waals surface area contributed by atoms with E-state index in [-0.39, 0.29) is 16.4 Å². The Labute approximate surface area is 161 Å². The number of alkyl halides is 3. The molecule has 28 heavy (non-hydrogen) atoms. The van der Waals surface area contributed by atoms with E-state index in [2.05, 4.69) is 15.3 Å². The Morgan fingerprint density at radius 1 is 1.29 bits per heavy atom. The number of aromatic nitrogens is 2. The number of aromatic amines is 1. The standard InChI is InChI=1S/C18H15F3N4O2S/c1-2-22-16(27)25(13-5-3-4-12(9-13)18(19,20)21)17-24-14(10-28-17)11-6-7-23-15(26)8-11/h3-10H,2H2,1H3,(H,22,27)(H,23,26). The van der Waals surface area contributed by atoms with Crippen molar-refractivity contribution in [2.24, 2.45) is 0 Å². The summed E-state index contributed by atoms with van der Waals surface area (Å²) in [5, 5.41) is 4.39. The molecule has 0 aliphatic carbocycles. The number of benzene rings is 1. The third kappa shape index (κ3) is 4.22. The van der Waals surface area contributed by atoms with Crippen LogP contribution in [0, 0.1) is 0 Å². The van der Waals surface area contributed by atoms with Gasteiger partial charge in [-0.2, -0.15) is 13.2 Å². The molecule has 2 N–H and O–H groups in total. The van der Waals surface area contributed by atoms with Crippen LogP contribution in [0.15, 0.2) is 52.8 Å². The van der Waals surface area contributed by atoms with E-state index >= 15 is 0 Å². The minimum absolute atomic E-state index is 0.0348. The minimum Gasteiger partial charge on any atom is -0.338 e. The number of nitrogens with one attached hydrogen (secondary N) is 2. The van der Waals surface area contributed by atoms with Crippen molar-refractivity contribution in [3.63, 3.8) is 0 Å². The maximum absolute atomic E-state index is 13.1. The van der Waals surface area contributed by atoms with E-state index in [4.69, 9.17) is 0 Å². The Balaban J connectivity index is 2.05. The summed E-state index contributed by atoms with van der Waals surface area (Å²) in [6.07, 6.45) is -3.08. The minimum atomic E-state index is -4.54. The Kier molecular flexibility index (Phi) is 5.50. The van der Waals surface area contributed by atoms with Crippen LogP contribution in [0.5, 0.6) is 0 Å². The molecular formula is C18H15F3N4O2S. The number of hydrogen-bond donors (Lipinski definition) is 2. The number of pyridine rings is 1. The zero-order chi connectivity index (χ0) is 20.3. The van der Waals surface area contributed by atoms with Gasteiger partial charge in [0.15, 0.2) is 5.13 Å². The second kappa shape index (κ2) is 7.85. The van der Waals surface area contributed by atoms with Crippen molar-refractivity contribution in [3.8, 4) is 11.3 Å². The number of amides is 2. The SMILES string of the molecule is CCNC(=O)N(c1cccc(C(F)(F)F)c1)c1nc(-c2cc[nH]c(=O)c2)cs1. The summed E-state index contributed by atoms with van der Waals surface area (Å²) in [5.41, 5.74) is -0.178. The predicted molar refractivity (Wildman–Crippen MR) is 101 cm³/mol. The van der Waals surface area contributed by atoms with Crippen LogP contribution in [0.4, 0.5) is 28.8 Å². The highest BCUT2D eigenvalue weighted by Crippen LogP contribution is 2.36. The van der Waals surface area contributed by atoms with Crippen LogP contribution in [-0.2, 0) is 6.18 Å². The fourth-order valence-electron chi connectivity index (χ4n) is 2.47. The third-order valence-electron chi connectivity index (χ3n) is 3.72. The van der Waals surface area contributed by atoms with Crippen molar-refractivity contribution >= 4 is 28.2 Å². The molecule has 0 atom stereocenters. The molecule has 6 nitrogen and oxygen atoms in total. The molecular weight excluding hydrogens is 393 g/mol. The van der Waals surface area contributed by atoms with E-state index in [1.807, 2.05) is 0 Å². The largest absolute Gasteiger partial charge is 0.416 e. The number of carbonyl (C=O) groups excluding carboxylic acids is 1. The molecule has 2 amide bonds. The van der Waals surface area contributed by atoms with Gasteiger partial charge in [-0.05, 0) is 31.2 Å². The molecule has 2 aromatic heterocycles. The van der Waals surface area contributed by atoms with Gasteiger partial charge in [-0.15, -0.1) is 11.3 Å². The Morgan fingerprint density at radius 2 is 2.07 bits per heavy atom. The van der Waals surface area contributed by atoms with Crippen LogP contribution in [0.1, 0.15) is 12.5 Å². The van der Waals surface area contributed by atoms with Crippen molar-refractivity contribution < 1.29 is 18.0 Å². The molecule has 3 aromatic rings. The van der Waals surface area contributed by atoms with Gasteiger partial charge in [-0.25, -0.2) is 14.7 Å². The van der Waals surface area contributed by atoms with E-state index < -0.39 is 17.8 Å². The number of rotatable bonds is 4. The topological polar surface area (TPSA) is 78.1 Å². The lowest BCUT2D eigenvalue weighted by Gasteiger charge is -2.21. The Morgan fingerprint density at radius 3 is 2.75 bits per heavy atom. The molecule has 0 spiro atoms. The number of thiazole rings is 1. The van der Waals surface area contributed by atoms with Gasteiger partial charge in [-0.1, -0.05) is 6.07 Å². The summed E-state index contributed by atoms with van der Waals surface area (Å²) in [4.78, 5) is 32.0. The molecule has 146 valence electrons. The van der Waals surface area contributed by atoms with Crippen LogP contribution in [0.25, 0.3) is 11.3 Å². The van der Waals surface area contributed by atoms with Crippen LogP contribution < -0.4 is 15.8 Å². The summed E-state index contributed by atoms with van der Waals surface area (Å²) in [7, 11) is 0. The first-order chi connectivity index (χ1) is 13.3. The van der Waals surface area contributed by atoms with Gasteiger partial charge in [0.1, 0.15) is 0 Å². The van der Waals surface area contributed by atoms with E-state index in [9.17, 15) is 22.8 Å². The van der Waals surface area contributed by atoms with Crippen LogP contribution in [0.3, 0.4) is 0 Å². The molecule has 3 rings (SSSR count). The van der Waals surface area contributed by atoms with Crippen molar-refractivity contribution in [2.45, 2.75) is 13.1 Å². The van der Waals surface area contributed by atoms with E-state index in [1.54, 1.807) is 18.4 Å². The summed E-state index contributed by atoms with van der Waals surface area (Å²) in [6, 6.07) is 6.84. The highest BCUT2D eigenvalue weighted by molar-refractivity contribution is 7.14. The average molecular weight is 408 g/mol. The van der Waals surface area contributed by atoms with Gasteiger partial charge in [-0.3, -0.25) is 4.79 Å². The van der Waals surface area contributed by atoms with Gasteiger partial charge >= 0.3 is 12.2 Å². The molecule has 0 unspecified atom stereocenters. The van der Waals surface area contributed by atoms with Crippen molar-refractivity contribution in [1.29, 1.82) is 0 Å². The van der Waals surface area contributed by atoms with Crippen molar-refractivity contribution in [2.75, 3.05) is 11.4 Å². The fraction of sp³-hybridized carbons (Fsp3) is 0.167. The molecule has 0 saturated carbocycles. The molecule has 0 radical (unpaired) electrons. The van der Waals surface area contributed by atoms with Gasteiger partial charge in [0.05, 0.1) is 16.9 Å². The van der Waals surface area contributed by atoms with Crippen LogP contribution in [-0.4, -0.2) is 22.5 Å². The highest BCUT2D eigenvalue weighted by atomic mass is 32.1. The fourth-order valence-corrected chi connectivity index (χ4v) is 3.32. The number of urea groups is 1. The molecule has 0 bridgehead atoms. The monoisotopic (exact) mass is 408 g/mol. The van der Waals surface area contributed by atoms with Gasteiger partial charge < -0.3 is 10.3 Å². The number of anilines is 2. The van der Waals surface area contributed by atoms with Gasteiger partial charge in [0.2, 0.25) is 5.56 Å². The van der Waals surface area contributed by atoms with E-state index in [1.165, 1.54) is 24.4 Å². The summed E-state index contributed by atoms with van der Waals surface area (Å²) < 4.78 is 39.2. The molecule has 0 aliphatic heterocycles. The number of hydrogen-bond acceptors (Lipinski definition) is 4. The van der Waals surface area contributed by atoms with Crippen LogP contribution in [0.2, 0.25) is 0 Å². The number of nitrogens with zero attached hydrogens (tertiary/aromatic N) is 2. The second-order valence-electron chi connectivity index (χ2n) is 5.68. The number of H-pyrrole nitrogens is 1. The van der Waals surface area contributed by atoms with Gasteiger partial charge in [0.25, 0.3) is 0 Å². The first-order valence-electron chi connectivity index (χ1n) is 8.19. The Hall–Kier alpha value is -3.14. The molecule has 10 heteroatoms. The van der Waals surface area contributed by atoms with E-state index in [0.29, 0.717) is 17.8 Å². The molecule has 0 aliphatic rings. The quantitative estimate of drug-likeness (QED) is 0.672. The first kappa shape index (κ1) is 19.6. The maximum atomic E-state index is 13.1. The Bertz CT molecular complexity index is 1050. The third-order valence-corrected chi connectivity index (χ3v) is 4.54. The summed E-state index contributed by atoms with van der Waals surface area (Å²) >= 11 is 1.08. The number of halogens is 3. The summed E-state index contributed by atoms with van der Waals surface area (Å²) in [5.74, 6) is 0. The maximum Gasteiger partial charge on any atom is 0.416 e. The van der Waals surface area contributed by atoms with Crippen LogP contribution >= 0.6 is 11.3 Å². The molecule has 0 fully saturated rings. The smallest absolute Gasteiger partial charge is 0.338 e. The molecule has 0 saturated heterocycles. The van der Waals surface area contributed by atoms with Crippen molar-refractivity contribution in [3.05, 3.63) is 63.9 Å². The number of carbonyl (C=O) groups is 1. The molecule has 2 heterocycles. The first-order valence-corrected chi connectivity index (χ1v) is 9.07. The normalized spacial score (nSPS) is 11.3. The zero-order valence-corrected chi connectivity index (χ0v) is 15.4. The van der Waals surface area contributed by atoms with Gasteiger partial charge in [0, 0.05) is 29.8 Å². The molecule has 1 aromatic carbocycles. The lowest BCUT2D eigenvalue weighted by molar-refractivity contribution is -0.137. The summed E-state index contributed by atoms with van der Waals surface area (Å²) in [6.45, 7) is 1.99. The van der Waals surface area contributed by atoms with Crippen molar-refractivity contribution in [1.82, 2.24) is 15.3 Å². The lowest BCUT2D eigenvalue weighted by atomic mass is 10.2. The predicted octanol–water partition coefficient (Wildman–Crippen LogP) is 4.38. The van der Waals surface area contributed by atoms with E-state index in [0.717, 1.165) is 28.4 Å². The highest BCUT2D eigenvalue weighted by Gasteiger charge is 2.32. The average Bonchev–Trinajstić information content (AvgIpc) is 3.11.